The number of nitrogen functional groups attached to an aromatic ring is 1. The Morgan fingerprint density at radius 2 is 2.09 bits per heavy atom. The Morgan fingerprint density at radius 1 is 1.45 bits per heavy atom. The lowest BCUT2D eigenvalue weighted by Gasteiger charge is -2.16. The Balaban J connectivity index is 2.65. The van der Waals surface area contributed by atoms with Gasteiger partial charge in [0.25, 0.3) is 0 Å². The SMILES string of the molecule is CC(C)(C)Cc1cc(N)cs1. The largest absolute Gasteiger partial charge is 0.398 e. The van der Waals surface area contributed by atoms with Crippen LogP contribution in [0.2, 0.25) is 0 Å². The monoisotopic (exact) mass is 169 g/mol. The summed E-state index contributed by atoms with van der Waals surface area (Å²) in [5.41, 5.74) is 6.88. The summed E-state index contributed by atoms with van der Waals surface area (Å²) in [5, 5.41) is 2.00. The molecule has 0 aromatic carbocycles. The lowest BCUT2D eigenvalue weighted by molar-refractivity contribution is 0.414. The smallest absolute Gasteiger partial charge is 0.0425 e. The summed E-state index contributed by atoms with van der Waals surface area (Å²) in [6, 6.07) is 2.07. The minimum absolute atomic E-state index is 0.372. The first-order chi connectivity index (χ1) is 4.97. The maximum absolute atomic E-state index is 5.61. The van der Waals surface area contributed by atoms with Crippen LogP contribution < -0.4 is 5.73 Å². The average Bonchev–Trinajstić information content (AvgIpc) is 2.10. The highest BCUT2D eigenvalue weighted by Gasteiger charge is 2.11. The molecule has 0 atom stereocenters. The number of nitrogens with two attached hydrogens (primary N) is 1. The topological polar surface area (TPSA) is 26.0 Å². The van der Waals surface area contributed by atoms with Crippen molar-refractivity contribution in [2.24, 2.45) is 5.41 Å². The van der Waals surface area contributed by atoms with E-state index in [2.05, 4.69) is 26.8 Å². The summed E-state index contributed by atoms with van der Waals surface area (Å²) >= 11 is 1.75. The second kappa shape index (κ2) is 2.86. The molecule has 11 heavy (non-hydrogen) atoms. The van der Waals surface area contributed by atoms with Gasteiger partial charge in [-0.05, 0) is 17.9 Å². The maximum atomic E-state index is 5.61. The highest BCUT2D eigenvalue weighted by Crippen LogP contribution is 2.25. The van der Waals surface area contributed by atoms with Crippen LogP contribution in [0.15, 0.2) is 11.4 Å². The van der Waals surface area contributed by atoms with Crippen LogP contribution >= 0.6 is 11.3 Å². The minimum atomic E-state index is 0.372. The first-order valence-corrected chi connectivity index (χ1v) is 4.68. The zero-order valence-electron chi connectivity index (χ0n) is 7.35. The molecule has 0 saturated heterocycles. The molecule has 1 heterocycles. The van der Waals surface area contributed by atoms with Gasteiger partial charge < -0.3 is 5.73 Å². The van der Waals surface area contributed by atoms with E-state index < -0.39 is 0 Å². The van der Waals surface area contributed by atoms with Crippen LogP contribution in [0.25, 0.3) is 0 Å². The average molecular weight is 169 g/mol. The van der Waals surface area contributed by atoms with E-state index in [4.69, 9.17) is 5.73 Å². The van der Waals surface area contributed by atoms with Gasteiger partial charge in [-0.2, -0.15) is 0 Å². The molecule has 1 rings (SSSR count). The molecule has 0 unspecified atom stereocenters. The highest BCUT2D eigenvalue weighted by atomic mass is 32.1. The molecule has 0 bridgehead atoms. The Hall–Kier alpha value is -0.500. The van der Waals surface area contributed by atoms with Crippen molar-refractivity contribution in [3.8, 4) is 0 Å². The minimum Gasteiger partial charge on any atom is -0.398 e. The van der Waals surface area contributed by atoms with Crippen molar-refractivity contribution < 1.29 is 0 Å². The summed E-state index contributed by atoms with van der Waals surface area (Å²) in [6.45, 7) is 6.72. The van der Waals surface area contributed by atoms with Crippen LogP contribution in [0.1, 0.15) is 25.6 Å². The number of hydrogen-bond acceptors (Lipinski definition) is 2. The summed E-state index contributed by atoms with van der Waals surface area (Å²) in [4.78, 5) is 1.38. The first-order valence-electron chi connectivity index (χ1n) is 3.80. The quantitative estimate of drug-likeness (QED) is 0.687. The fraction of sp³-hybridized carbons (Fsp3) is 0.556. The van der Waals surface area contributed by atoms with Crippen LogP contribution in [0, 0.1) is 5.41 Å². The molecule has 0 aliphatic carbocycles. The fourth-order valence-corrected chi connectivity index (χ4v) is 2.09. The van der Waals surface area contributed by atoms with E-state index >= 15 is 0 Å². The third kappa shape index (κ3) is 2.93. The molecule has 1 aromatic rings. The van der Waals surface area contributed by atoms with Gasteiger partial charge in [0.2, 0.25) is 0 Å². The van der Waals surface area contributed by atoms with Crippen molar-refractivity contribution in [2.75, 3.05) is 5.73 Å². The van der Waals surface area contributed by atoms with E-state index in [9.17, 15) is 0 Å². The zero-order valence-corrected chi connectivity index (χ0v) is 8.16. The molecule has 0 amide bonds. The second-order valence-corrected chi connectivity index (χ2v) is 5.08. The van der Waals surface area contributed by atoms with Gasteiger partial charge >= 0.3 is 0 Å². The van der Waals surface area contributed by atoms with Gasteiger partial charge in [-0.25, -0.2) is 0 Å². The summed E-state index contributed by atoms with van der Waals surface area (Å²) in [6.07, 6.45) is 1.12. The normalized spacial score (nSPS) is 11.9. The summed E-state index contributed by atoms with van der Waals surface area (Å²) in [7, 11) is 0. The fourth-order valence-electron chi connectivity index (χ4n) is 1.01. The van der Waals surface area contributed by atoms with Gasteiger partial charge in [-0.3, -0.25) is 0 Å². The van der Waals surface area contributed by atoms with Crippen LogP contribution in [-0.4, -0.2) is 0 Å². The molecule has 2 heteroatoms. The van der Waals surface area contributed by atoms with E-state index in [1.54, 1.807) is 11.3 Å². The van der Waals surface area contributed by atoms with Crippen molar-refractivity contribution in [1.29, 1.82) is 0 Å². The number of anilines is 1. The first kappa shape index (κ1) is 8.60. The third-order valence-electron chi connectivity index (χ3n) is 1.38. The number of hydrogen-bond donors (Lipinski definition) is 1. The van der Waals surface area contributed by atoms with Crippen LogP contribution in [0.4, 0.5) is 5.69 Å². The summed E-state index contributed by atoms with van der Waals surface area (Å²) in [5.74, 6) is 0. The van der Waals surface area contributed by atoms with E-state index in [-0.39, 0.29) is 0 Å². The standard InChI is InChI=1S/C9H15NS/c1-9(2,3)5-8-4-7(10)6-11-8/h4,6H,5,10H2,1-3H3. The Morgan fingerprint density at radius 3 is 2.45 bits per heavy atom. The predicted molar refractivity (Wildman–Crippen MR) is 51.9 cm³/mol. The van der Waals surface area contributed by atoms with Crippen LogP contribution in [0.3, 0.4) is 0 Å². The molecule has 0 aliphatic heterocycles. The third-order valence-corrected chi connectivity index (χ3v) is 2.33. The van der Waals surface area contributed by atoms with Crippen LogP contribution in [-0.2, 0) is 6.42 Å². The predicted octanol–water partition coefficient (Wildman–Crippen LogP) is 2.92. The van der Waals surface area contributed by atoms with E-state index in [0.29, 0.717) is 5.41 Å². The van der Waals surface area contributed by atoms with Crippen molar-refractivity contribution in [3.05, 3.63) is 16.3 Å². The molecule has 2 N–H and O–H groups in total. The maximum Gasteiger partial charge on any atom is 0.0425 e. The van der Waals surface area contributed by atoms with Gasteiger partial charge in [-0.15, -0.1) is 11.3 Å². The molecule has 0 spiro atoms. The molecular formula is C9H15NS. The van der Waals surface area contributed by atoms with Crippen LogP contribution in [0.5, 0.6) is 0 Å². The van der Waals surface area contributed by atoms with Crippen molar-refractivity contribution >= 4 is 17.0 Å². The van der Waals surface area contributed by atoms with Gasteiger partial charge in [0, 0.05) is 15.9 Å². The molecule has 1 nitrogen and oxygen atoms in total. The van der Waals surface area contributed by atoms with Crippen molar-refractivity contribution in [3.63, 3.8) is 0 Å². The highest BCUT2D eigenvalue weighted by molar-refractivity contribution is 7.10. The molecule has 0 aliphatic rings. The molecule has 1 aromatic heterocycles. The van der Waals surface area contributed by atoms with E-state index in [1.165, 1.54) is 4.88 Å². The Labute approximate surface area is 72.2 Å². The van der Waals surface area contributed by atoms with Crippen molar-refractivity contribution in [1.82, 2.24) is 0 Å². The van der Waals surface area contributed by atoms with E-state index in [0.717, 1.165) is 12.1 Å². The van der Waals surface area contributed by atoms with Gasteiger partial charge in [0.05, 0.1) is 0 Å². The molecule has 0 saturated carbocycles. The zero-order chi connectivity index (χ0) is 8.48. The van der Waals surface area contributed by atoms with Crippen molar-refractivity contribution in [2.45, 2.75) is 27.2 Å². The van der Waals surface area contributed by atoms with E-state index in [1.807, 2.05) is 5.38 Å². The second-order valence-electron chi connectivity index (χ2n) is 4.08. The summed E-state index contributed by atoms with van der Waals surface area (Å²) < 4.78 is 0. The lowest BCUT2D eigenvalue weighted by atomic mass is 9.92. The molecule has 0 radical (unpaired) electrons. The molecule has 62 valence electrons. The lowest BCUT2D eigenvalue weighted by Crippen LogP contribution is -2.07. The molecular weight excluding hydrogens is 154 g/mol. The Kier molecular flexibility index (Phi) is 2.23. The van der Waals surface area contributed by atoms with Gasteiger partial charge in [0.1, 0.15) is 0 Å². The Bertz CT molecular complexity index is 232. The van der Waals surface area contributed by atoms with Gasteiger partial charge in [-0.1, -0.05) is 20.8 Å². The van der Waals surface area contributed by atoms with Gasteiger partial charge in [0.15, 0.2) is 0 Å². The number of thiophene rings is 1. The molecule has 0 fully saturated rings. The number of rotatable bonds is 1.